The molecule has 2 aromatic rings. The van der Waals surface area contributed by atoms with E-state index in [2.05, 4.69) is 19.2 Å². The molecule has 0 unspecified atom stereocenters. The quantitative estimate of drug-likeness (QED) is 0.423. The Morgan fingerprint density at radius 1 is 0.571 bits per heavy atom. The Hall–Kier alpha value is -3.44. The SMILES string of the molecule is O=C(OOC(=O)c1ccc(OC(F)(F)F)cc1)c1ccc(OC(F)(F)F)cc1. The second kappa shape index (κ2) is 8.06. The van der Waals surface area contributed by atoms with E-state index in [0.717, 1.165) is 48.5 Å². The highest BCUT2D eigenvalue weighted by molar-refractivity contribution is 5.92. The van der Waals surface area contributed by atoms with Crippen LogP contribution in [0, 0.1) is 0 Å². The van der Waals surface area contributed by atoms with Gasteiger partial charge in [0.25, 0.3) is 0 Å². The van der Waals surface area contributed by atoms with Crippen LogP contribution in [-0.4, -0.2) is 24.7 Å². The third-order valence-electron chi connectivity index (χ3n) is 2.84. The fourth-order valence-electron chi connectivity index (χ4n) is 1.76. The minimum atomic E-state index is -4.90. The molecule has 0 heterocycles. The zero-order valence-corrected chi connectivity index (χ0v) is 13.3. The van der Waals surface area contributed by atoms with Crippen LogP contribution in [0.3, 0.4) is 0 Å². The molecule has 0 fully saturated rings. The molecule has 0 aliphatic carbocycles. The first-order valence-electron chi connectivity index (χ1n) is 7.08. The van der Waals surface area contributed by atoms with Gasteiger partial charge in [0.15, 0.2) is 0 Å². The number of hydrogen-bond donors (Lipinski definition) is 0. The largest absolute Gasteiger partial charge is 0.573 e. The molecule has 0 saturated carbocycles. The van der Waals surface area contributed by atoms with Crippen LogP contribution >= 0.6 is 0 Å². The van der Waals surface area contributed by atoms with Gasteiger partial charge >= 0.3 is 24.7 Å². The lowest BCUT2D eigenvalue weighted by molar-refractivity contribution is -0.275. The summed E-state index contributed by atoms with van der Waals surface area (Å²) >= 11 is 0. The molecule has 12 heteroatoms. The van der Waals surface area contributed by atoms with Crippen LogP contribution in [0.15, 0.2) is 48.5 Å². The third kappa shape index (κ3) is 6.70. The fourth-order valence-corrected chi connectivity index (χ4v) is 1.76. The Labute approximate surface area is 152 Å². The summed E-state index contributed by atoms with van der Waals surface area (Å²) < 4.78 is 79.5. The molecule has 0 atom stereocenters. The summed E-state index contributed by atoms with van der Waals surface area (Å²) in [4.78, 5) is 31.8. The molecule has 0 spiro atoms. The van der Waals surface area contributed by atoms with Crippen molar-refractivity contribution in [3.8, 4) is 11.5 Å². The number of alkyl halides is 6. The maximum absolute atomic E-state index is 12.0. The van der Waals surface area contributed by atoms with Gasteiger partial charge in [-0.1, -0.05) is 0 Å². The Bertz CT molecular complexity index is 755. The summed E-state index contributed by atoms with van der Waals surface area (Å²) in [5, 5.41) is 0. The molecule has 6 nitrogen and oxygen atoms in total. The summed E-state index contributed by atoms with van der Waals surface area (Å²) in [6.45, 7) is 0. The number of benzene rings is 2. The van der Waals surface area contributed by atoms with E-state index in [9.17, 15) is 35.9 Å². The molecule has 0 amide bonds. The summed E-state index contributed by atoms with van der Waals surface area (Å²) in [6.07, 6.45) is -9.81. The third-order valence-corrected chi connectivity index (χ3v) is 2.84. The molecule has 0 bridgehead atoms. The predicted molar refractivity (Wildman–Crippen MR) is 77.1 cm³/mol. The second-order valence-electron chi connectivity index (χ2n) is 4.89. The molecule has 0 aliphatic heterocycles. The van der Waals surface area contributed by atoms with Crippen molar-refractivity contribution in [2.45, 2.75) is 12.7 Å². The van der Waals surface area contributed by atoms with E-state index in [4.69, 9.17) is 0 Å². The molecule has 28 heavy (non-hydrogen) atoms. The first-order chi connectivity index (χ1) is 12.9. The number of hydrogen-bond acceptors (Lipinski definition) is 6. The van der Waals surface area contributed by atoms with Gasteiger partial charge in [-0.05, 0) is 48.5 Å². The van der Waals surface area contributed by atoms with Crippen LogP contribution < -0.4 is 9.47 Å². The van der Waals surface area contributed by atoms with Crippen molar-refractivity contribution in [1.29, 1.82) is 0 Å². The zero-order chi connectivity index (χ0) is 20.9. The molecule has 150 valence electrons. The van der Waals surface area contributed by atoms with E-state index >= 15 is 0 Å². The van der Waals surface area contributed by atoms with Crippen LogP contribution in [0.1, 0.15) is 20.7 Å². The van der Waals surface area contributed by atoms with Crippen LogP contribution in [0.5, 0.6) is 11.5 Å². The van der Waals surface area contributed by atoms with Gasteiger partial charge in [-0.3, -0.25) is 0 Å². The topological polar surface area (TPSA) is 71.1 Å². The van der Waals surface area contributed by atoms with Crippen LogP contribution in [0.2, 0.25) is 0 Å². The average molecular weight is 410 g/mol. The molecular weight excluding hydrogens is 402 g/mol. The Morgan fingerprint density at radius 2 is 0.857 bits per heavy atom. The number of rotatable bonds is 4. The van der Waals surface area contributed by atoms with Gasteiger partial charge in [0.05, 0.1) is 11.1 Å². The highest BCUT2D eigenvalue weighted by atomic mass is 19.4. The minimum Gasteiger partial charge on any atom is -0.406 e. The number of carbonyl (C=O) groups is 2. The van der Waals surface area contributed by atoms with Crippen molar-refractivity contribution in [2.75, 3.05) is 0 Å². The molecule has 0 N–H and O–H groups in total. The van der Waals surface area contributed by atoms with Crippen molar-refractivity contribution in [3.05, 3.63) is 59.7 Å². The molecule has 0 aliphatic rings. The van der Waals surface area contributed by atoms with Gasteiger partial charge in [0.1, 0.15) is 11.5 Å². The highest BCUT2D eigenvalue weighted by Crippen LogP contribution is 2.24. The van der Waals surface area contributed by atoms with E-state index in [0.29, 0.717) is 0 Å². The lowest BCUT2D eigenvalue weighted by atomic mass is 10.2. The number of carbonyl (C=O) groups excluding carboxylic acids is 2. The van der Waals surface area contributed by atoms with Crippen molar-refractivity contribution in [3.63, 3.8) is 0 Å². The van der Waals surface area contributed by atoms with Crippen molar-refractivity contribution in [1.82, 2.24) is 0 Å². The van der Waals surface area contributed by atoms with Gasteiger partial charge < -0.3 is 9.47 Å². The Morgan fingerprint density at radius 3 is 1.11 bits per heavy atom. The summed E-state index contributed by atoms with van der Waals surface area (Å²) in [5.74, 6) is -3.57. The highest BCUT2D eigenvalue weighted by Gasteiger charge is 2.31. The van der Waals surface area contributed by atoms with E-state index in [1.807, 2.05) is 0 Å². The van der Waals surface area contributed by atoms with Gasteiger partial charge in [-0.25, -0.2) is 19.4 Å². The van der Waals surface area contributed by atoms with E-state index in [1.54, 1.807) is 0 Å². The van der Waals surface area contributed by atoms with Crippen molar-refractivity contribution in [2.24, 2.45) is 0 Å². The Kier molecular flexibility index (Phi) is 6.01. The van der Waals surface area contributed by atoms with Gasteiger partial charge in [-0.2, -0.15) is 0 Å². The lowest BCUT2D eigenvalue weighted by Crippen LogP contribution is -2.17. The van der Waals surface area contributed by atoms with Gasteiger partial charge in [0, 0.05) is 0 Å². The number of ether oxygens (including phenoxy) is 2. The molecule has 0 aromatic heterocycles. The summed E-state index contributed by atoms with van der Waals surface area (Å²) in [6, 6.07) is 7.08. The second-order valence-corrected chi connectivity index (χ2v) is 4.89. The first kappa shape index (κ1) is 20.9. The van der Waals surface area contributed by atoms with E-state index in [1.165, 1.54) is 0 Å². The first-order valence-corrected chi connectivity index (χ1v) is 7.08. The van der Waals surface area contributed by atoms with E-state index < -0.39 is 36.2 Å². The van der Waals surface area contributed by atoms with Gasteiger partial charge in [0.2, 0.25) is 0 Å². The van der Waals surface area contributed by atoms with E-state index in [-0.39, 0.29) is 11.1 Å². The maximum atomic E-state index is 12.0. The standard InChI is InChI=1S/C16H8F6O6/c17-15(18,19)25-11-5-1-9(2-6-11)13(23)27-28-14(24)10-3-7-12(8-4-10)26-16(20,21)22/h1-8H. The zero-order valence-electron chi connectivity index (χ0n) is 13.3. The molecule has 2 aromatic carbocycles. The summed E-state index contributed by atoms with van der Waals surface area (Å²) in [7, 11) is 0. The lowest BCUT2D eigenvalue weighted by Gasteiger charge is -2.09. The normalized spacial score (nSPS) is 11.5. The molecule has 2 rings (SSSR count). The molecule has 0 radical (unpaired) electrons. The summed E-state index contributed by atoms with van der Waals surface area (Å²) in [5.41, 5.74) is -0.507. The van der Waals surface area contributed by atoms with Crippen LogP contribution in [0.25, 0.3) is 0 Å². The smallest absolute Gasteiger partial charge is 0.406 e. The van der Waals surface area contributed by atoms with Crippen LogP contribution in [-0.2, 0) is 9.78 Å². The number of halogens is 6. The molecule has 0 saturated heterocycles. The van der Waals surface area contributed by atoms with Gasteiger partial charge in [-0.15, -0.1) is 26.3 Å². The average Bonchev–Trinajstić information content (AvgIpc) is 2.58. The Balaban J connectivity index is 1.90. The van der Waals surface area contributed by atoms with Crippen molar-refractivity contribution >= 4 is 11.9 Å². The predicted octanol–water partition coefficient (Wildman–Crippen LogP) is 4.41. The molecular formula is C16H8F6O6. The fraction of sp³-hybridized carbons (Fsp3) is 0.125. The van der Waals surface area contributed by atoms with Crippen molar-refractivity contribution < 1.29 is 55.2 Å². The maximum Gasteiger partial charge on any atom is 0.573 e. The monoisotopic (exact) mass is 410 g/mol. The minimum absolute atomic E-state index is 0.253. The van der Waals surface area contributed by atoms with Crippen LogP contribution in [0.4, 0.5) is 26.3 Å².